The molecule has 0 saturated carbocycles. The smallest absolute Gasteiger partial charge is 0.240 e. The standard InChI is InChI=1S/C15H24N2O3S/c1-3-9-15(18)11-17(12-15)13-5-7-14(8-6-13)21(19,20)16-10-4-2/h5-8,16,18H,3-4,9-12H2,1-2H3. The number of anilines is 1. The van der Waals surface area contributed by atoms with Gasteiger partial charge in [-0.25, -0.2) is 13.1 Å². The van der Waals surface area contributed by atoms with E-state index >= 15 is 0 Å². The molecule has 5 nitrogen and oxygen atoms in total. The summed E-state index contributed by atoms with van der Waals surface area (Å²) in [6.07, 6.45) is 2.53. The van der Waals surface area contributed by atoms with Crippen molar-refractivity contribution in [3.63, 3.8) is 0 Å². The van der Waals surface area contributed by atoms with Crippen molar-refractivity contribution in [3.8, 4) is 0 Å². The van der Waals surface area contributed by atoms with Crippen molar-refractivity contribution in [1.29, 1.82) is 0 Å². The molecule has 1 saturated heterocycles. The molecule has 0 aromatic heterocycles. The second-order valence-corrected chi connectivity index (χ2v) is 7.49. The van der Waals surface area contributed by atoms with Crippen LogP contribution >= 0.6 is 0 Å². The first kappa shape index (κ1) is 16.3. The van der Waals surface area contributed by atoms with Crippen molar-refractivity contribution in [2.24, 2.45) is 0 Å². The molecule has 2 rings (SSSR count). The maximum Gasteiger partial charge on any atom is 0.240 e. The van der Waals surface area contributed by atoms with Crippen molar-refractivity contribution >= 4 is 15.7 Å². The molecule has 0 aliphatic carbocycles. The topological polar surface area (TPSA) is 69.6 Å². The molecular formula is C15H24N2O3S. The summed E-state index contributed by atoms with van der Waals surface area (Å²) in [5.41, 5.74) is 0.368. The quantitative estimate of drug-likeness (QED) is 0.804. The van der Waals surface area contributed by atoms with E-state index in [1.807, 2.05) is 6.92 Å². The lowest BCUT2D eigenvalue weighted by atomic mass is 9.89. The minimum Gasteiger partial charge on any atom is -0.386 e. The molecule has 0 bridgehead atoms. The summed E-state index contributed by atoms with van der Waals surface area (Å²) in [6, 6.07) is 6.83. The third-order valence-corrected chi connectivity index (χ3v) is 5.22. The Morgan fingerprint density at radius 1 is 1.19 bits per heavy atom. The van der Waals surface area contributed by atoms with Crippen LogP contribution in [-0.2, 0) is 10.0 Å². The van der Waals surface area contributed by atoms with E-state index in [9.17, 15) is 13.5 Å². The number of hydrogen-bond donors (Lipinski definition) is 2. The van der Waals surface area contributed by atoms with Crippen molar-refractivity contribution in [1.82, 2.24) is 4.72 Å². The van der Waals surface area contributed by atoms with E-state index in [0.29, 0.717) is 19.6 Å². The molecule has 21 heavy (non-hydrogen) atoms. The molecule has 0 atom stereocenters. The van der Waals surface area contributed by atoms with Crippen LogP contribution in [0.4, 0.5) is 5.69 Å². The predicted molar refractivity (Wildman–Crippen MR) is 84.0 cm³/mol. The van der Waals surface area contributed by atoms with Gasteiger partial charge >= 0.3 is 0 Å². The average molecular weight is 312 g/mol. The molecule has 118 valence electrons. The molecule has 1 fully saturated rings. The molecule has 0 spiro atoms. The van der Waals surface area contributed by atoms with Gasteiger partial charge in [0.1, 0.15) is 0 Å². The molecule has 0 radical (unpaired) electrons. The molecule has 1 aromatic carbocycles. The summed E-state index contributed by atoms with van der Waals surface area (Å²) >= 11 is 0. The maximum atomic E-state index is 12.0. The van der Waals surface area contributed by atoms with E-state index < -0.39 is 15.6 Å². The Balaban J connectivity index is 2.01. The Morgan fingerprint density at radius 3 is 2.33 bits per heavy atom. The molecule has 1 aromatic rings. The van der Waals surface area contributed by atoms with Gasteiger partial charge in [0.05, 0.1) is 10.5 Å². The third kappa shape index (κ3) is 3.75. The lowest BCUT2D eigenvalue weighted by Crippen LogP contribution is -2.61. The Labute approximate surface area is 127 Å². The number of rotatable bonds is 7. The summed E-state index contributed by atoms with van der Waals surface area (Å²) in [5, 5.41) is 10.2. The summed E-state index contributed by atoms with van der Waals surface area (Å²) in [6.45, 7) is 5.65. The van der Waals surface area contributed by atoms with E-state index in [1.165, 1.54) is 0 Å². The van der Waals surface area contributed by atoms with E-state index in [4.69, 9.17) is 0 Å². The van der Waals surface area contributed by atoms with Crippen LogP contribution in [0.3, 0.4) is 0 Å². The number of β-amino-alcohol motifs (C(OH)–C–C–N with tert-alkyl or cyclic N) is 1. The number of sulfonamides is 1. The van der Waals surface area contributed by atoms with Crippen molar-refractivity contribution in [2.75, 3.05) is 24.5 Å². The van der Waals surface area contributed by atoms with Gasteiger partial charge in [0.2, 0.25) is 10.0 Å². The van der Waals surface area contributed by atoms with Gasteiger partial charge in [0, 0.05) is 25.3 Å². The minimum absolute atomic E-state index is 0.282. The van der Waals surface area contributed by atoms with Gasteiger partial charge in [0.25, 0.3) is 0 Å². The average Bonchev–Trinajstić information content (AvgIpc) is 2.43. The zero-order valence-electron chi connectivity index (χ0n) is 12.7. The summed E-state index contributed by atoms with van der Waals surface area (Å²) < 4.78 is 26.5. The van der Waals surface area contributed by atoms with Crippen molar-refractivity contribution in [2.45, 2.75) is 43.6 Å². The van der Waals surface area contributed by atoms with Gasteiger partial charge in [-0.15, -0.1) is 0 Å². The van der Waals surface area contributed by atoms with E-state index in [1.54, 1.807) is 24.3 Å². The van der Waals surface area contributed by atoms with E-state index in [-0.39, 0.29) is 4.90 Å². The Kier molecular flexibility index (Phi) is 4.91. The largest absolute Gasteiger partial charge is 0.386 e. The van der Waals surface area contributed by atoms with E-state index in [2.05, 4.69) is 16.5 Å². The highest BCUT2D eigenvalue weighted by Crippen LogP contribution is 2.31. The lowest BCUT2D eigenvalue weighted by molar-refractivity contribution is 0.00339. The zero-order valence-corrected chi connectivity index (χ0v) is 13.5. The Bertz CT molecular complexity index is 563. The zero-order chi connectivity index (χ0) is 15.5. The highest BCUT2D eigenvalue weighted by Gasteiger charge is 2.40. The van der Waals surface area contributed by atoms with Crippen LogP contribution < -0.4 is 9.62 Å². The van der Waals surface area contributed by atoms with Crippen LogP contribution in [0.25, 0.3) is 0 Å². The van der Waals surface area contributed by atoms with Gasteiger partial charge < -0.3 is 10.0 Å². The molecule has 2 N–H and O–H groups in total. The fourth-order valence-corrected chi connectivity index (χ4v) is 3.76. The van der Waals surface area contributed by atoms with Crippen LogP contribution in [0.2, 0.25) is 0 Å². The normalized spacial score (nSPS) is 17.6. The third-order valence-electron chi connectivity index (χ3n) is 3.74. The van der Waals surface area contributed by atoms with Crippen LogP contribution in [0.1, 0.15) is 33.1 Å². The number of benzene rings is 1. The molecule has 6 heteroatoms. The molecule has 0 unspecified atom stereocenters. The first-order valence-electron chi connectivity index (χ1n) is 7.47. The molecule has 1 heterocycles. The van der Waals surface area contributed by atoms with Crippen LogP contribution in [-0.4, -0.2) is 38.8 Å². The lowest BCUT2D eigenvalue weighted by Gasteiger charge is -2.48. The second-order valence-electron chi connectivity index (χ2n) is 5.72. The number of nitrogens with one attached hydrogen (secondary N) is 1. The summed E-state index contributed by atoms with van der Waals surface area (Å²) in [7, 11) is -3.40. The highest BCUT2D eigenvalue weighted by atomic mass is 32.2. The second kappa shape index (κ2) is 6.34. The van der Waals surface area contributed by atoms with Gasteiger partial charge in [-0.1, -0.05) is 20.3 Å². The monoisotopic (exact) mass is 312 g/mol. The van der Waals surface area contributed by atoms with Crippen molar-refractivity contribution in [3.05, 3.63) is 24.3 Å². The molecule has 1 aliphatic heterocycles. The fourth-order valence-electron chi connectivity index (χ4n) is 2.63. The summed E-state index contributed by atoms with van der Waals surface area (Å²) in [5.74, 6) is 0. The molecular weight excluding hydrogens is 288 g/mol. The fraction of sp³-hybridized carbons (Fsp3) is 0.600. The molecule has 0 amide bonds. The first-order chi connectivity index (χ1) is 9.90. The molecule has 1 aliphatic rings. The number of hydrogen-bond acceptors (Lipinski definition) is 4. The van der Waals surface area contributed by atoms with Crippen molar-refractivity contribution < 1.29 is 13.5 Å². The van der Waals surface area contributed by atoms with Gasteiger partial charge in [0.15, 0.2) is 0 Å². The van der Waals surface area contributed by atoms with Gasteiger partial charge in [-0.2, -0.15) is 0 Å². The van der Waals surface area contributed by atoms with E-state index in [0.717, 1.165) is 24.9 Å². The van der Waals surface area contributed by atoms with Crippen LogP contribution in [0, 0.1) is 0 Å². The van der Waals surface area contributed by atoms with Crippen LogP contribution in [0.5, 0.6) is 0 Å². The Hall–Kier alpha value is -1.11. The van der Waals surface area contributed by atoms with Crippen LogP contribution in [0.15, 0.2) is 29.2 Å². The number of aliphatic hydroxyl groups is 1. The predicted octanol–water partition coefficient (Wildman–Crippen LogP) is 1.73. The Morgan fingerprint density at radius 2 is 1.81 bits per heavy atom. The SMILES string of the molecule is CCCNS(=O)(=O)c1ccc(N2CC(O)(CCC)C2)cc1. The highest BCUT2D eigenvalue weighted by molar-refractivity contribution is 7.89. The van der Waals surface area contributed by atoms with Gasteiger partial charge in [-0.05, 0) is 37.1 Å². The van der Waals surface area contributed by atoms with Gasteiger partial charge in [-0.3, -0.25) is 0 Å². The maximum absolute atomic E-state index is 12.0. The minimum atomic E-state index is -3.40. The number of nitrogens with zero attached hydrogens (tertiary/aromatic N) is 1. The summed E-state index contributed by atoms with van der Waals surface area (Å²) in [4.78, 5) is 2.34. The first-order valence-corrected chi connectivity index (χ1v) is 8.95.